The van der Waals surface area contributed by atoms with E-state index in [0.29, 0.717) is 22.5 Å². The SMILES string of the molecule is C#CC(Nc1nc(C)nc2cc(=O)n(C3(C)CC3)cc12)c1cccc(C(F)F)c1F. The molecule has 1 atom stereocenters. The van der Waals surface area contributed by atoms with Crippen molar-refractivity contribution in [1.82, 2.24) is 14.5 Å². The summed E-state index contributed by atoms with van der Waals surface area (Å²) in [6, 6.07) is 4.10. The molecule has 2 aromatic heterocycles. The Morgan fingerprint density at radius 1 is 1.27 bits per heavy atom. The fraction of sp³-hybridized carbons (Fsp3) is 0.318. The third-order valence-corrected chi connectivity index (χ3v) is 5.45. The molecule has 154 valence electrons. The molecule has 0 saturated heterocycles. The Hall–Kier alpha value is -3.34. The average Bonchev–Trinajstić information content (AvgIpc) is 3.43. The molecule has 0 bridgehead atoms. The minimum Gasteiger partial charge on any atom is -0.352 e. The van der Waals surface area contributed by atoms with Crippen LogP contribution in [-0.4, -0.2) is 14.5 Å². The maximum atomic E-state index is 14.6. The minimum absolute atomic E-state index is 0.0813. The van der Waals surface area contributed by atoms with Crippen LogP contribution in [-0.2, 0) is 5.54 Å². The van der Waals surface area contributed by atoms with Gasteiger partial charge in [-0.15, -0.1) is 6.42 Å². The van der Waals surface area contributed by atoms with E-state index in [9.17, 15) is 18.0 Å². The molecule has 5 nitrogen and oxygen atoms in total. The van der Waals surface area contributed by atoms with E-state index >= 15 is 0 Å². The number of nitrogens with one attached hydrogen (secondary N) is 1. The molecule has 30 heavy (non-hydrogen) atoms. The Kier molecular flexibility index (Phi) is 4.77. The lowest BCUT2D eigenvalue weighted by atomic mass is 10.0. The van der Waals surface area contributed by atoms with E-state index in [1.54, 1.807) is 17.7 Å². The van der Waals surface area contributed by atoms with Gasteiger partial charge in [0, 0.05) is 23.4 Å². The number of alkyl halides is 2. The van der Waals surface area contributed by atoms with E-state index in [1.165, 1.54) is 18.2 Å². The molecular weight excluding hydrogens is 393 g/mol. The van der Waals surface area contributed by atoms with Crippen molar-refractivity contribution in [3.8, 4) is 12.3 Å². The second-order valence-corrected chi connectivity index (χ2v) is 7.69. The van der Waals surface area contributed by atoms with Gasteiger partial charge in [-0.25, -0.2) is 23.1 Å². The minimum atomic E-state index is -2.96. The summed E-state index contributed by atoms with van der Waals surface area (Å²) in [6.45, 7) is 3.64. The number of hydrogen-bond acceptors (Lipinski definition) is 4. The van der Waals surface area contributed by atoms with Crippen molar-refractivity contribution in [3.05, 3.63) is 63.6 Å². The highest BCUT2D eigenvalue weighted by Crippen LogP contribution is 2.42. The summed E-state index contributed by atoms with van der Waals surface area (Å²) >= 11 is 0. The van der Waals surface area contributed by atoms with Gasteiger partial charge in [0.15, 0.2) is 0 Å². The highest BCUT2D eigenvalue weighted by Gasteiger charge is 2.40. The number of hydrogen-bond donors (Lipinski definition) is 1. The summed E-state index contributed by atoms with van der Waals surface area (Å²) in [7, 11) is 0. The number of halogens is 3. The predicted octanol–water partition coefficient (Wildman–Crippen LogP) is 4.47. The van der Waals surface area contributed by atoms with E-state index < -0.39 is 23.8 Å². The first-order valence-electron chi connectivity index (χ1n) is 9.44. The summed E-state index contributed by atoms with van der Waals surface area (Å²) in [5, 5.41) is 3.51. The summed E-state index contributed by atoms with van der Waals surface area (Å²) in [6.07, 6.45) is 6.07. The normalized spacial score (nSPS) is 15.8. The topological polar surface area (TPSA) is 59.8 Å². The average molecular weight is 412 g/mol. The Balaban J connectivity index is 1.82. The van der Waals surface area contributed by atoms with Crippen molar-refractivity contribution in [2.24, 2.45) is 0 Å². The van der Waals surface area contributed by atoms with E-state index in [1.807, 2.05) is 6.92 Å². The van der Waals surface area contributed by atoms with Gasteiger partial charge in [-0.1, -0.05) is 24.1 Å². The van der Waals surface area contributed by atoms with Crippen LogP contribution in [0.5, 0.6) is 0 Å². The lowest BCUT2D eigenvalue weighted by molar-refractivity contribution is 0.146. The zero-order valence-corrected chi connectivity index (χ0v) is 16.4. The Morgan fingerprint density at radius 2 is 1.97 bits per heavy atom. The molecule has 1 aliphatic carbocycles. The number of aromatic nitrogens is 3. The fourth-order valence-electron chi connectivity index (χ4n) is 3.48. The van der Waals surface area contributed by atoms with Gasteiger partial charge >= 0.3 is 0 Å². The Bertz CT molecular complexity index is 1240. The summed E-state index contributed by atoms with van der Waals surface area (Å²) in [5.41, 5.74) is -0.795. The van der Waals surface area contributed by atoms with Crippen LogP contribution < -0.4 is 10.9 Å². The highest BCUT2D eigenvalue weighted by molar-refractivity contribution is 5.88. The van der Waals surface area contributed by atoms with Crippen molar-refractivity contribution in [2.45, 2.75) is 44.7 Å². The number of fused-ring (bicyclic) bond motifs is 1. The van der Waals surface area contributed by atoms with E-state index in [2.05, 4.69) is 21.2 Å². The van der Waals surface area contributed by atoms with Gasteiger partial charge in [0.25, 0.3) is 12.0 Å². The van der Waals surface area contributed by atoms with E-state index in [0.717, 1.165) is 18.9 Å². The molecule has 1 aromatic carbocycles. The smallest absolute Gasteiger partial charge is 0.266 e. The van der Waals surface area contributed by atoms with Crippen LogP contribution in [0.4, 0.5) is 19.0 Å². The molecule has 1 aliphatic rings. The molecule has 4 rings (SSSR count). The quantitative estimate of drug-likeness (QED) is 0.628. The maximum Gasteiger partial charge on any atom is 0.266 e. The maximum absolute atomic E-state index is 14.6. The predicted molar refractivity (Wildman–Crippen MR) is 108 cm³/mol. The van der Waals surface area contributed by atoms with Gasteiger partial charge in [-0.3, -0.25) is 4.79 Å². The molecule has 1 unspecified atom stereocenters. The Morgan fingerprint density at radius 3 is 2.60 bits per heavy atom. The zero-order chi connectivity index (χ0) is 21.6. The third kappa shape index (κ3) is 3.41. The molecule has 0 aliphatic heterocycles. The lowest BCUT2D eigenvalue weighted by Crippen LogP contribution is -2.27. The number of benzene rings is 1. The van der Waals surface area contributed by atoms with Crippen LogP contribution in [0.1, 0.15) is 49.2 Å². The highest BCUT2D eigenvalue weighted by atomic mass is 19.3. The Labute approximate surface area is 171 Å². The summed E-state index contributed by atoms with van der Waals surface area (Å²) < 4.78 is 42.5. The largest absolute Gasteiger partial charge is 0.352 e. The second kappa shape index (κ2) is 7.17. The van der Waals surface area contributed by atoms with Crippen molar-refractivity contribution in [2.75, 3.05) is 5.32 Å². The first-order valence-corrected chi connectivity index (χ1v) is 9.44. The van der Waals surface area contributed by atoms with Crippen molar-refractivity contribution < 1.29 is 13.2 Å². The first-order chi connectivity index (χ1) is 14.2. The third-order valence-electron chi connectivity index (χ3n) is 5.45. The fourth-order valence-corrected chi connectivity index (χ4v) is 3.48. The van der Waals surface area contributed by atoms with Gasteiger partial charge in [-0.05, 0) is 26.7 Å². The number of rotatable bonds is 5. The van der Waals surface area contributed by atoms with E-state index in [4.69, 9.17) is 6.42 Å². The van der Waals surface area contributed by atoms with Crippen LogP contribution in [0.15, 0.2) is 35.3 Å². The van der Waals surface area contributed by atoms with Crippen LogP contribution >= 0.6 is 0 Å². The molecule has 1 N–H and O–H groups in total. The molecule has 1 saturated carbocycles. The summed E-state index contributed by atoms with van der Waals surface area (Å²) in [4.78, 5) is 21.2. The molecule has 1 fully saturated rings. The second-order valence-electron chi connectivity index (χ2n) is 7.69. The molecule has 3 aromatic rings. The van der Waals surface area contributed by atoms with Gasteiger partial charge in [0.2, 0.25) is 0 Å². The van der Waals surface area contributed by atoms with E-state index in [-0.39, 0.29) is 16.7 Å². The molecule has 0 radical (unpaired) electrons. The van der Waals surface area contributed by atoms with Gasteiger partial charge < -0.3 is 9.88 Å². The number of terminal acetylenes is 1. The number of nitrogens with zero attached hydrogens (tertiary/aromatic N) is 3. The van der Waals surface area contributed by atoms with Crippen LogP contribution in [0.25, 0.3) is 10.9 Å². The van der Waals surface area contributed by atoms with Gasteiger partial charge in [0.1, 0.15) is 23.5 Å². The number of pyridine rings is 1. The molecular formula is C22H19F3N4O. The lowest BCUT2D eigenvalue weighted by Gasteiger charge is -2.19. The molecule has 0 spiro atoms. The monoisotopic (exact) mass is 412 g/mol. The molecule has 8 heteroatoms. The zero-order valence-electron chi connectivity index (χ0n) is 16.4. The molecule has 0 amide bonds. The molecule has 2 heterocycles. The van der Waals surface area contributed by atoms with Crippen molar-refractivity contribution >= 4 is 16.7 Å². The van der Waals surface area contributed by atoms with Crippen LogP contribution in [0.3, 0.4) is 0 Å². The first kappa shape index (κ1) is 20.0. The number of anilines is 1. The van der Waals surface area contributed by atoms with Crippen LogP contribution in [0, 0.1) is 25.1 Å². The standard InChI is InChI=1S/C22H19F3N4O/c1-4-16(13-6-5-7-14(19(13)23)20(24)25)28-21-15-11-29(22(3)8-9-22)18(30)10-17(15)26-12(2)27-21/h1,5-7,10-11,16,20H,8-9H2,2-3H3,(H,26,27,28). The van der Waals surface area contributed by atoms with Crippen LogP contribution in [0.2, 0.25) is 0 Å². The van der Waals surface area contributed by atoms with Crippen molar-refractivity contribution in [3.63, 3.8) is 0 Å². The van der Waals surface area contributed by atoms with Gasteiger partial charge in [0.05, 0.1) is 16.5 Å². The summed E-state index contributed by atoms with van der Waals surface area (Å²) in [5.74, 6) is 2.04. The van der Waals surface area contributed by atoms with Gasteiger partial charge in [-0.2, -0.15) is 0 Å². The van der Waals surface area contributed by atoms with Crippen molar-refractivity contribution in [1.29, 1.82) is 0 Å². The number of aryl methyl sites for hydroxylation is 1.